The van der Waals surface area contributed by atoms with Gasteiger partial charge in [-0.15, -0.1) is 12.4 Å². The van der Waals surface area contributed by atoms with Crippen LogP contribution < -0.4 is 5.32 Å². The van der Waals surface area contributed by atoms with Crippen LogP contribution in [0, 0.1) is 0 Å². The molecule has 4 heteroatoms. The second-order valence-electron chi connectivity index (χ2n) is 4.67. The molecule has 0 radical (unpaired) electrons. The van der Waals surface area contributed by atoms with Crippen LogP contribution in [0.1, 0.15) is 39.5 Å². The van der Waals surface area contributed by atoms with Crippen molar-refractivity contribution in [2.75, 3.05) is 6.54 Å². The van der Waals surface area contributed by atoms with E-state index in [0.29, 0.717) is 18.0 Å². The summed E-state index contributed by atoms with van der Waals surface area (Å²) in [7, 11) is 0. The summed E-state index contributed by atoms with van der Waals surface area (Å²) in [4.78, 5) is 14.2. The molecule has 0 aromatic rings. The summed E-state index contributed by atoms with van der Waals surface area (Å²) in [5.41, 5.74) is 0. The lowest BCUT2D eigenvalue weighted by Crippen LogP contribution is -2.47. The van der Waals surface area contributed by atoms with Crippen molar-refractivity contribution in [2.45, 2.75) is 57.7 Å². The molecule has 3 nitrogen and oxygen atoms in total. The molecule has 2 rings (SSSR count). The Kier molecular flexibility index (Phi) is 4.41. The van der Waals surface area contributed by atoms with Crippen molar-refractivity contribution in [1.82, 2.24) is 10.2 Å². The van der Waals surface area contributed by atoms with Gasteiger partial charge in [-0.25, -0.2) is 0 Å². The highest BCUT2D eigenvalue weighted by molar-refractivity contribution is 5.85. The average Bonchev–Trinajstić information content (AvgIpc) is 2.75. The van der Waals surface area contributed by atoms with Crippen LogP contribution in [0.2, 0.25) is 0 Å². The van der Waals surface area contributed by atoms with Gasteiger partial charge in [-0.3, -0.25) is 4.79 Å². The molecule has 0 aromatic heterocycles. The lowest BCUT2D eigenvalue weighted by molar-refractivity contribution is -0.135. The Morgan fingerprint density at radius 2 is 1.80 bits per heavy atom. The minimum Gasteiger partial charge on any atom is -0.336 e. The van der Waals surface area contributed by atoms with Crippen LogP contribution in [0.4, 0.5) is 0 Å². The second-order valence-corrected chi connectivity index (χ2v) is 4.67. The standard InChI is InChI=1S/C11H20N2O.ClH/c1-8-5-6-9(2)13(8)11(14)10-4-3-7-12-10;/h8-10,12H,3-7H2,1-2H3;1H/t8?,9?,10-;/m1./s1. The van der Waals surface area contributed by atoms with E-state index in [2.05, 4.69) is 24.1 Å². The molecule has 0 aliphatic carbocycles. The minimum atomic E-state index is 0. The van der Waals surface area contributed by atoms with Gasteiger partial charge in [-0.05, 0) is 46.1 Å². The van der Waals surface area contributed by atoms with Crippen molar-refractivity contribution in [3.05, 3.63) is 0 Å². The molecule has 1 N–H and O–H groups in total. The number of carbonyl (C=O) groups is 1. The average molecular weight is 233 g/mol. The van der Waals surface area contributed by atoms with Crippen molar-refractivity contribution in [3.8, 4) is 0 Å². The normalized spacial score (nSPS) is 35.3. The van der Waals surface area contributed by atoms with E-state index in [1.54, 1.807) is 0 Å². The van der Waals surface area contributed by atoms with Gasteiger partial charge in [0.15, 0.2) is 0 Å². The summed E-state index contributed by atoms with van der Waals surface area (Å²) in [5, 5.41) is 3.28. The lowest BCUT2D eigenvalue weighted by atomic mass is 10.2. The molecule has 2 unspecified atom stereocenters. The third kappa shape index (κ3) is 2.45. The van der Waals surface area contributed by atoms with Crippen molar-refractivity contribution < 1.29 is 4.79 Å². The van der Waals surface area contributed by atoms with E-state index in [4.69, 9.17) is 0 Å². The molecular weight excluding hydrogens is 212 g/mol. The first-order valence-electron chi connectivity index (χ1n) is 5.75. The van der Waals surface area contributed by atoms with E-state index in [-0.39, 0.29) is 18.4 Å². The topological polar surface area (TPSA) is 32.3 Å². The number of rotatable bonds is 1. The molecule has 15 heavy (non-hydrogen) atoms. The number of halogens is 1. The molecule has 88 valence electrons. The number of nitrogens with one attached hydrogen (secondary N) is 1. The van der Waals surface area contributed by atoms with Gasteiger partial charge >= 0.3 is 0 Å². The fraction of sp³-hybridized carbons (Fsp3) is 0.909. The molecule has 1 amide bonds. The third-order valence-electron chi connectivity index (χ3n) is 3.56. The maximum absolute atomic E-state index is 12.1. The fourth-order valence-corrected chi connectivity index (χ4v) is 2.70. The molecule has 2 saturated heterocycles. The minimum absolute atomic E-state index is 0. The van der Waals surface area contributed by atoms with Gasteiger partial charge in [0.25, 0.3) is 0 Å². The molecule has 2 aliphatic rings. The first-order chi connectivity index (χ1) is 6.70. The highest BCUT2D eigenvalue weighted by atomic mass is 35.5. The zero-order valence-corrected chi connectivity index (χ0v) is 10.3. The Bertz CT molecular complexity index is 219. The number of amides is 1. The Hall–Kier alpha value is -0.280. The number of likely N-dealkylation sites (tertiary alicyclic amines) is 1. The number of hydrogen-bond acceptors (Lipinski definition) is 2. The zero-order chi connectivity index (χ0) is 10.1. The maximum atomic E-state index is 12.1. The summed E-state index contributed by atoms with van der Waals surface area (Å²) >= 11 is 0. The molecule has 2 heterocycles. The Morgan fingerprint density at radius 1 is 1.20 bits per heavy atom. The third-order valence-corrected chi connectivity index (χ3v) is 3.56. The molecule has 0 spiro atoms. The van der Waals surface area contributed by atoms with E-state index in [9.17, 15) is 4.79 Å². The summed E-state index contributed by atoms with van der Waals surface area (Å²) in [6.07, 6.45) is 4.50. The molecule has 0 bridgehead atoms. The van der Waals surface area contributed by atoms with E-state index in [1.165, 1.54) is 12.8 Å². The van der Waals surface area contributed by atoms with Crippen molar-refractivity contribution in [2.24, 2.45) is 0 Å². The smallest absolute Gasteiger partial charge is 0.240 e. The molecular formula is C11H21ClN2O. The van der Waals surface area contributed by atoms with Crippen molar-refractivity contribution >= 4 is 18.3 Å². The zero-order valence-electron chi connectivity index (χ0n) is 9.53. The van der Waals surface area contributed by atoms with Crippen molar-refractivity contribution in [3.63, 3.8) is 0 Å². The highest BCUT2D eigenvalue weighted by Gasteiger charge is 2.35. The largest absolute Gasteiger partial charge is 0.336 e. The van der Waals surface area contributed by atoms with Gasteiger partial charge in [0, 0.05) is 12.1 Å². The van der Waals surface area contributed by atoms with Crippen LogP contribution in [0.5, 0.6) is 0 Å². The predicted molar refractivity (Wildman–Crippen MR) is 63.3 cm³/mol. The van der Waals surface area contributed by atoms with Crippen LogP contribution in [0.25, 0.3) is 0 Å². The summed E-state index contributed by atoms with van der Waals surface area (Å²) in [5.74, 6) is 0.333. The van der Waals surface area contributed by atoms with Gasteiger partial charge < -0.3 is 10.2 Å². The first kappa shape index (κ1) is 12.8. The Labute approximate surface area is 98.0 Å². The quantitative estimate of drug-likeness (QED) is 0.744. The van der Waals surface area contributed by atoms with Crippen molar-refractivity contribution in [1.29, 1.82) is 0 Å². The van der Waals surface area contributed by atoms with Gasteiger partial charge in [0.2, 0.25) is 5.91 Å². The van der Waals surface area contributed by atoms with Crippen LogP contribution in [0.3, 0.4) is 0 Å². The van der Waals surface area contributed by atoms with Crippen LogP contribution in [0.15, 0.2) is 0 Å². The number of carbonyl (C=O) groups excluding carboxylic acids is 1. The molecule has 2 fully saturated rings. The highest BCUT2D eigenvalue weighted by Crippen LogP contribution is 2.25. The lowest BCUT2D eigenvalue weighted by Gasteiger charge is -2.29. The van der Waals surface area contributed by atoms with Crippen LogP contribution >= 0.6 is 12.4 Å². The van der Waals surface area contributed by atoms with E-state index in [0.717, 1.165) is 19.4 Å². The second kappa shape index (κ2) is 5.17. The monoisotopic (exact) mass is 232 g/mol. The Balaban J connectivity index is 0.00000112. The van der Waals surface area contributed by atoms with Gasteiger partial charge in [-0.2, -0.15) is 0 Å². The SMILES string of the molecule is CC1CCC(C)N1C(=O)[C@H]1CCCN1.Cl. The molecule has 2 aliphatic heterocycles. The summed E-state index contributed by atoms with van der Waals surface area (Å²) < 4.78 is 0. The summed E-state index contributed by atoms with van der Waals surface area (Å²) in [6.45, 7) is 5.33. The fourth-order valence-electron chi connectivity index (χ4n) is 2.70. The molecule has 0 aromatic carbocycles. The predicted octanol–water partition coefficient (Wildman–Crippen LogP) is 1.56. The van der Waals surface area contributed by atoms with E-state index < -0.39 is 0 Å². The van der Waals surface area contributed by atoms with Gasteiger partial charge in [0.1, 0.15) is 0 Å². The molecule has 0 saturated carbocycles. The summed E-state index contributed by atoms with van der Waals surface area (Å²) in [6, 6.07) is 0.998. The van der Waals surface area contributed by atoms with E-state index >= 15 is 0 Å². The number of hydrogen-bond donors (Lipinski definition) is 1. The van der Waals surface area contributed by atoms with Crippen LogP contribution in [-0.4, -0.2) is 35.5 Å². The molecule has 3 atom stereocenters. The number of nitrogens with zero attached hydrogens (tertiary/aromatic N) is 1. The maximum Gasteiger partial charge on any atom is 0.240 e. The Morgan fingerprint density at radius 3 is 2.27 bits per heavy atom. The van der Waals surface area contributed by atoms with Gasteiger partial charge in [-0.1, -0.05) is 0 Å². The van der Waals surface area contributed by atoms with Crippen LogP contribution in [-0.2, 0) is 4.79 Å². The van der Waals surface area contributed by atoms with Gasteiger partial charge in [0.05, 0.1) is 6.04 Å². The first-order valence-corrected chi connectivity index (χ1v) is 5.75. The van der Waals surface area contributed by atoms with E-state index in [1.807, 2.05) is 0 Å².